The van der Waals surface area contributed by atoms with E-state index in [0.29, 0.717) is 12.2 Å². The van der Waals surface area contributed by atoms with E-state index < -0.39 is 0 Å². The van der Waals surface area contributed by atoms with Gasteiger partial charge in [-0.15, -0.1) is 0 Å². The molecule has 0 saturated heterocycles. The van der Waals surface area contributed by atoms with Crippen LogP contribution in [0.25, 0.3) is 0 Å². The van der Waals surface area contributed by atoms with Crippen LogP contribution in [0.2, 0.25) is 0 Å². The molecule has 0 aliphatic carbocycles. The second-order valence-electron chi connectivity index (χ2n) is 3.73. The highest BCUT2D eigenvalue weighted by Gasteiger charge is 2.01. The fraction of sp³-hybridized carbons (Fsp3) is 0.231. The molecule has 0 saturated carbocycles. The van der Waals surface area contributed by atoms with Gasteiger partial charge in [0.2, 0.25) is 0 Å². The third kappa shape index (κ3) is 3.17. The summed E-state index contributed by atoms with van der Waals surface area (Å²) in [4.78, 5) is 15.1. The van der Waals surface area contributed by atoms with Gasteiger partial charge in [-0.1, -0.05) is 12.1 Å². The van der Waals surface area contributed by atoms with Gasteiger partial charge in [0, 0.05) is 18.0 Å². The SMILES string of the molecule is CC(=O)c1cccc(OCCn2ccnc2)c1. The first-order valence-electron chi connectivity index (χ1n) is 5.45. The number of aromatic nitrogens is 2. The normalized spacial score (nSPS) is 10.2. The zero-order valence-corrected chi connectivity index (χ0v) is 9.67. The average molecular weight is 230 g/mol. The van der Waals surface area contributed by atoms with E-state index in [0.717, 1.165) is 12.3 Å². The van der Waals surface area contributed by atoms with Gasteiger partial charge in [-0.05, 0) is 19.1 Å². The van der Waals surface area contributed by atoms with E-state index in [1.165, 1.54) is 0 Å². The molecule has 88 valence electrons. The summed E-state index contributed by atoms with van der Waals surface area (Å²) < 4.78 is 7.51. The van der Waals surface area contributed by atoms with Crippen LogP contribution in [0, 0.1) is 0 Å². The lowest BCUT2D eigenvalue weighted by atomic mass is 10.1. The first-order valence-corrected chi connectivity index (χ1v) is 5.45. The minimum atomic E-state index is 0.0464. The summed E-state index contributed by atoms with van der Waals surface area (Å²) in [5, 5.41) is 0. The first-order chi connectivity index (χ1) is 8.25. The highest BCUT2D eigenvalue weighted by molar-refractivity contribution is 5.94. The average Bonchev–Trinajstić information content (AvgIpc) is 2.82. The van der Waals surface area contributed by atoms with Gasteiger partial charge >= 0.3 is 0 Å². The summed E-state index contributed by atoms with van der Waals surface area (Å²) in [6.07, 6.45) is 5.36. The van der Waals surface area contributed by atoms with E-state index in [1.54, 1.807) is 31.6 Å². The molecule has 4 nitrogen and oxygen atoms in total. The van der Waals surface area contributed by atoms with Crippen LogP contribution in [0.1, 0.15) is 17.3 Å². The highest BCUT2D eigenvalue weighted by Crippen LogP contribution is 2.13. The Morgan fingerprint density at radius 2 is 2.35 bits per heavy atom. The van der Waals surface area contributed by atoms with Gasteiger partial charge in [0.1, 0.15) is 12.4 Å². The summed E-state index contributed by atoms with van der Waals surface area (Å²) >= 11 is 0. The predicted octanol–water partition coefficient (Wildman–Crippen LogP) is 2.16. The maximum Gasteiger partial charge on any atom is 0.159 e. The van der Waals surface area contributed by atoms with Crippen LogP contribution in [0.3, 0.4) is 0 Å². The van der Waals surface area contributed by atoms with Crippen LogP contribution in [-0.4, -0.2) is 21.9 Å². The molecule has 0 amide bonds. The lowest BCUT2D eigenvalue weighted by molar-refractivity contribution is 0.101. The Kier molecular flexibility index (Phi) is 3.55. The largest absolute Gasteiger partial charge is 0.492 e. The second kappa shape index (κ2) is 5.30. The van der Waals surface area contributed by atoms with Crippen LogP contribution in [0.4, 0.5) is 0 Å². The summed E-state index contributed by atoms with van der Waals surface area (Å²) in [5.41, 5.74) is 0.671. The third-order valence-electron chi connectivity index (χ3n) is 2.42. The zero-order chi connectivity index (χ0) is 12.1. The van der Waals surface area contributed by atoms with Gasteiger partial charge in [0.25, 0.3) is 0 Å². The van der Waals surface area contributed by atoms with Crippen molar-refractivity contribution in [2.75, 3.05) is 6.61 Å². The monoisotopic (exact) mass is 230 g/mol. The van der Waals surface area contributed by atoms with E-state index in [4.69, 9.17) is 4.74 Å². The van der Waals surface area contributed by atoms with Gasteiger partial charge in [-0.2, -0.15) is 0 Å². The van der Waals surface area contributed by atoms with Gasteiger partial charge in [-0.3, -0.25) is 4.79 Å². The number of Topliss-reactive ketones (excluding diaryl/α,β-unsaturated/α-hetero) is 1. The molecule has 0 radical (unpaired) electrons. The molecule has 0 aliphatic rings. The quantitative estimate of drug-likeness (QED) is 0.739. The van der Waals surface area contributed by atoms with Crippen molar-refractivity contribution in [1.29, 1.82) is 0 Å². The van der Waals surface area contributed by atoms with Crippen molar-refractivity contribution in [2.24, 2.45) is 0 Å². The number of imidazole rings is 1. The van der Waals surface area contributed by atoms with Crippen LogP contribution in [0.15, 0.2) is 43.0 Å². The molecule has 0 atom stereocenters. The minimum Gasteiger partial charge on any atom is -0.492 e. The highest BCUT2D eigenvalue weighted by atomic mass is 16.5. The second-order valence-corrected chi connectivity index (χ2v) is 3.73. The molecule has 1 aromatic carbocycles. The smallest absolute Gasteiger partial charge is 0.159 e. The number of hydrogen-bond acceptors (Lipinski definition) is 3. The van der Waals surface area contributed by atoms with Crippen molar-refractivity contribution in [3.63, 3.8) is 0 Å². The molecule has 2 aromatic rings. The number of ketones is 1. The Balaban J connectivity index is 1.90. The maximum absolute atomic E-state index is 11.2. The zero-order valence-electron chi connectivity index (χ0n) is 9.67. The van der Waals surface area contributed by atoms with Gasteiger partial charge in [-0.25, -0.2) is 4.98 Å². The van der Waals surface area contributed by atoms with Gasteiger partial charge in [0.15, 0.2) is 5.78 Å². The van der Waals surface area contributed by atoms with E-state index in [2.05, 4.69) is 4.98 Å². The van der Waals surface area contributed by atoms with Gasteiger partial charge < -0.3 is 9.30 Å². The van der Waals surface area contributed by atoms with E-state index >= 15 is 0 Å². The van der Waals surface area contributed by atoms with Crippen molar-refractivity contribution in [3.8, 4) is 5.75 Å². The number of benzene rings is 1. The molecule has 0 unspecified atom stereocenters. The molecule has 0 bridgehead atoms. The van der Waals surface area contributed by atoms with Crippen LogP contribution < -0.4 is 4.74 Å². The summed E-state index contributed by atoms with van der Waals surface area (Å²) in [6, 6.07) is 7.21. The maximum atomic E-state index is 11.2. The molecule has 0 aliphatic heterocycles. The van der Waals surface area contributed by atoms with Crippen molar-refractivity contribution < 1.29 is 9.53 Å². The number of carbonyl (C=O) groups is 1. The first kappa shape index (κ1) is 11.4. The lowest BCUT2D eigenvalue weighted by Gasteiger charge is -2.07. The summed E-state index contributed by atoms with van der Waals surface area (Å²) in [7, 11) is 0. The Morgan fingerprint density at radius 3 is 3.06 bits per heavy atom. The molecular formula is C13H14N2O2. The molecule has 1 heterocycles. The van der Waals surface area contributed by atoms with Gasteiger partial charge in [0.05, 0.1) is 12.9 Å². The number of nitrogens with zero attached hydrogens (tertiary/aromatic N) is 2. The number of rotatable bonds is 5. The molecule has 2 rings (SSSR count). The Morgan fingerprint density at radius 1 is 1.47 bits per heavy atom. The Bertz CT molecular complexity index is 492. The fourth-order valence-electron chi connectivity index (χ4n) is 1.49. The van der Waals surface area contributed by atoms with E-state index in [9.17, 15) is 4.79 Å². The number of carbonyl (C=O) groups excluding carboxylic acids is 1. The topological polar surface area (TPSA) is 44.1 Å². The molecular weight excluding hydrogens is 216 g/mol. The molecule has 1 aromatic heterocycles. The van der Waals surface area contributed by atoms with Crippen molar-refractivity contribution in [1.82, 2.24) is 9.55 Å². The number of hydrogen-bond donors (Lipinski definition) is 0. The van der Waals surface area contributed by atoms with Crippen LogP contribution in [0.5, 0.6) is 5.75 Å². The summed E-state index contributed by atoms with van der Waals surface area (Å²) in [6.45, 7) is 2.84. The van der Waals surface area contributed by atoms with E-state index in [-0.39, 0.29) is 5.78 Å². The number of ether oxygens (including phenoxy) is 1. The van der Waals surface area contributed by atoms with Crippen molar-refractivity contribution in [2.45, 2.75) is 13.5 Å². The van der Waals surface area contributed by atoms with Crippen LogP contribution >= 0.6 is 0 Å². The predicted molar refractivity (Wildman–Crippen MR) is 64.2 cm³/mol. The van der Waals surface area contributed by atoms with Crippen LogP contribution in [-0.2, 0) is 6.54 Å². The Hall–Kier alpha value is -2.10. The van der Waals surface area contributed by atoms with E-state index in [1.807, 2.05) is 22.9 Å². The van der Waals surface area contributed by atoms with Crippen molar-refractivity contribution >= 4 is 5.78 Å². The standard InChI is InChI=1S/C13H14N2O2/c1-11(16)12-3-2-4-13(9-12)17-8-7-15-6-5-14-10-15/h2-6,9-10H,7-8H2,1H3. The molecule has 0 N–H and O–H groups in total. The minimum absolute atomic E-state index is 0.0464. The summed E-state index contributed by atoms with van der Waals surface area (Å²) in [5.74, 6) is 0.767. The third-order valence-corrected chi connectivity index (χ3v) is 2.42. The molecule has 0 spiro atoms. The molecule has 17 heavy (non-hydrogen) atoms. The molecule has 4 heteroatoms. The molecule has 0 fully saturated rings. The lowest BCUT2D eigenvalue weighted by Crippen LogP contribution is -2.06. The fourth-order valence-corrected chi connectivity index (χ4v) is 1.49. The van der Waals surface area contributed by atoms with Crippen molar-refractivity contribution in [3.05, 3.63) is 48.5 Å². The Labute approximate surface area is 99.9 Å².